The van der Waals surface area contributed by atoms with E-state index in [4.69, 9.17) is 39.5 Å². The van der Waals surface area contributed by atoms with Gasteiger partial charge in [0.2, 0.25) is 5.91 Å². The number of fused-ring (bicyclic) bond motifs is 1. The Balaban J connectivity index is 1.91. The number of hydrogen-bond acceptors (Lipinski definition) is 4. The molecule has 114 valence electrons. The Bertz CT molecular complexity index is 732. The van der Waals surface area contributed by atoms with Crippen molar-refractivity contribution in [1.82, 2.24) is 4.72 Å². The summed E-state index contributed by atoms with van der Waals surface area (Å²) in [5.41, 5.74) is 0.700. The second kappa shape index (κ2) is 4.91. The van der Waals surface area contributed by atoms with Crippen molar-refractivity contribution >= 4 is 50.7 Å². The molecule has 1 aliphatic heterocycles. The van der Waals surface area contributed by atoms with Crippen LogP contribution in [0.15, 0.2) is 17.0 Å². The minimum absolute atomic E-state index is 0.147. The first-order chi connectivity index (χ1) is 9.71. The van der Waals surface area contributed by atoms with Crippen molar-refractivity contribution in [3.05, 3.63) is 22.7 Å². The molecule has 5 nitrogen and oxygen atoms in total. The van der Waals surface area contributed by atoms with Gasteiger partial charge in [-0.05, 0) is 18.6 Å². The molecule has 0 bridgehead atoms. The number of rotatable bonds is 3. The smallest absolute Gasteiger partial charge is 0.267 e. The van der Waals surface area contributed by atoms with Gasteiger partial charge in [0.15, 0.2) is 0 Å². The molecule has 1 fully saturated rings. The fraction of sp³-hybridized carbons (Fsp3) is 0.417. The lowest BCUT2D eigenvalue weighted by Gasteiger charge is -2.11. The van der Waals surface area contributed by atoms with Crippen LogP contribution in [0, 0.1) is 5.92 Å². The second-order valence-electron chi connectivity index (χ2n) is 4.98. The number of alkyl halides is 2. The van der Waals surface area contributed by atoms with Crippen molar-refractivity contribution in [2.45, 2.75) is 22.1 Å². The molecule has 2 aliphatic rings. The van der Waals surface area contributed by atoms with Gasteiger partial charge in [-0.15, -0.1) is 23.2 Å². The first-order valence-electron chi connectivity index (χ1n) is 6.10. The van der Waals surface area contributed by atoms with Crippen LogP contribution in [0.1, 0.15) is 12.0 Å². The summed E-state index contributed by atoms with van der Waals surface area (Å²) in [6, 6.07) is 2.90. The van der Waals surface area contributed by atoms with E-state index in [2.05, 4.69) is 0 Å². The summed E-state index contributed by atoms with van der Waals surface area (Å²) in [7, 11) is -4.09. The largest absolute Gasteiger partial charge is 0.492 e. The van der Waals surface area contributed by atoms with Crippen LogP contribution in [0.5, 0.6) is 5.75 Å². The van der Waals surface area contributed by atoms with Gasteiger partial charge in [0.05, 0.1) is 12.5 Å². The minimum Gasteiger partial charge on any atom is -0.492 e. The molecule has 1 N–H and O–H groups in total. The van der Waals surface area contributed by atoms with Crippen molar-refractivity contribution in [2.75, 3.05) is 6.61 Å². The third-order valence-corrected chi connectivity index (χ3v) is 5.79. The number of nitrogens with one attached hydrogen (secondary N) is 1. The quantitative estimate of drug-likeness (QED) is 0.829. The Kier molecular flexibility index (Phi) is 3.56. The van der Waals surface area contributed by atoms with Gasteiger partial charge in [0.25, 0.3) is 10.0 Å². The summed E-state index contributed by atoms with van der Waals surface area (Å²) in [4.78, 5) is 11.7. The molecule has 1 aromatic rings. The third-order valence-electron chi connectivity index (χ3n) is 3.38. The van der Waals surface area contributed by atoms with Gasteiger partial charge in [-0.1, -0.05) is 11.6 Å². The highest BCUT2D eigenvalue weighted by molar-refractivity contribution is 7.90. The lowest BCUT2D eigenvalue weighted by atomic mass is 10.2. The summed E-state index contributed by atoms with van der Waals surface area (Å²) in [5, 5.41) is 0.266. The Morgan fingerprint density at radius 3 is 2.67 bits per heavy atom. The molecule has 0 spiro atoms. The zero-order chi connectivity index (χ0) is 15.4. The Morgan fingerprint density at radius 1 is 1.38 bits per heavy atom. The predicted molar refractivity (Wildman–Crippen MR) is 78.5 cm³/mol. The maximum atomic E-state index is 12.3. The zero-order valence-electron chi connectivity index (χ0n) is 10.5. The highest BCUT2D eigenvalue weighted by atomic mass is 35.5. The lowest BCUT2D eigenvalue weighted by molar-refractivity contribution is -0.120. The van der Waals surface area contributed by atoms with Crippen molar-refractivity contribution in [1.29, 1.82) is 0 Å². The predicted octanol–water partition coefficient (Wildman–Crippen LogP) is 2.27. The topological polar surface area (TPSA) is 72.5 Å². The van der Waals surface area contributed by atoms with Crippen molar-refractivity contribution in [2.24, 2.45) is 5.92 Å². The number of carbonyl (C=O) groups excluding carboxylic acids is 1. The molecule has 1 amide bonds. The first kappa shape index (κ1) is 15.2. The number of hydrogen-bond donors (Lipinski definition) is 1. The van der Waals surface area contributed by atoms with E-state index in [1.54, 1.807) is 6.07 Å². The van der Waals surface area contributed by atoms with E-state index < -0.39 is 26.2 Å². The average Bonchev–Trinajstić information content (AvgIpc) is 2.80. The Hall–Kier alpha value is -0.690. The molecule has 1 unspecified atom stereocenters. The summed E-state index contributed by atoms with van der Waals surface area (Å²) < 4.78 is 30.8. The van der Waals surface area contributed by atoms with Crippen LogP contribution >= 0.6 is 34.8 Å². The van der Waals surface area contributed by atoms with Crippen molar-refractivity contribution < 1.29 is 17.9 Å². The van der Waals surface area contributed by atoms with Gasteiger partial charge in [-0.2, -0.15) is 0 Å². The molecular formula is C12H10Cl3NO4S. The van der Waals surface area contributed by atoms with E-state index in [1.807, 2.05) is 4.72 Å². The maximum Gasteiger partial charge on any atom is 0.267 e. The lowest BCUT2D eigenvalue weighted by Crippen LogP contribution is -2.33. The SMILES string of the molecule is O=C(NS(=O)(=O)c1cc(Cl)cc2c1OCC2)C1CC1(Cl)Cl. The summed E-state index contributed by atoms with van der Waals surface area (Å²) in [5.74, 6) is -1.23. The maximum absolute atomic E-state index is 12.3. The van der Waals surface area contributed by atoms with Crippen LogP contribution in [0.2, 0.25) is 5.02 Å². The molecule has 3 rings (SSSR count). The van der Waals surface area contributed by atoms with Crippen LogP contribution in [-0.2, 0) is 21.2 Å². The van der Waals surface area contributed by atoms with Gasteiger partial charge in [0, 0.05) is 17.0 Å². The number of ether oxygens (including phenoxy) is 1. The van der Waals surface area contributed by atoms with Gasteiger partial charge >= 0.3 is 0 Å². The Labute approximate surface area is 136 Å². The fourth-order valence-corrected chi connectivity index (χ4v) is 4.24. The van der Waals surface area contributed by atoms with Gasteiger partial charge in [0.1, 0.15) is 15.0 Å². The molecule has 1 saturated carbocycles. The second-order valence-corrected chi connectivity index (χ2v) is 8.61. The van der Waals surface area contributed by atoms with Crippen LogP contribution in [-0.4, -0.2) is 25.3 Å². The van der Waals surface area contributed by atoms with E-state index in [-0.39, 0.29) is 22.1 Å². The van der Waals surface area contributed by atoms with Crippen LogP contribution < -0.4 is 9.46 Å². The summed E-state index contributed by atoms with van der Waals surface area (Å²) in [6.45, 7) is 0.376. The van der Waals surface area contributed by atoms with Gasteiger partial charge < -0.3 is 4.74 Å². The highest BCUT2D eigenvalue weighted by Gasteiger charge is 2.57. The molecule has 1 aliphatic carbocycles. The summed E-state index contributed by atoms with van der Waals surface area (Å²) in [6.07, 6.45) is 0.795. The zero-order valence-corrected chi connectivity index (χ0v) is 13.6. The van der Waals surface area contributed by atoms with Crippen LogP contribution in [0.3, 0.4) is 0 Å². The molecule has 1 aromatic carbocycles. The average molecular weight is 371 g/mol. The number of carbonyl (C=O) groups is 1. The van der Waals surface area contributed by atoms with Crippen LogP contribution in [0.25, 0.3) is 0 Å². The van der Waals surface area contributed by atoms with E-state index in [1.165, 1.54) is 6.07 Å². The minimum atomic E-state index is -4.09. The first-order valence-corrected chi connectivity index (χ1v) is 8.72. The van der Waals surface area contributed by atoms with Gasteiger partial charge in [-0.3, -0.25) is 4.79 Å². The molecule has 0 saturated heterocycles. The number of benzene rings is 1. The van der Waals surface area contributed by atoms with Gasteiger partial charge in [-0.25, -0.2) is 13.1 Å². The standard InChI is InChI=1S/C12H10Cl3NO4S/c13-7-3-6-1-2-20-10(6)9(4-7)21(18,19)16-11(17)8-5-12(8,14)15/h3-4,8H,1-2,5H2,(H,16,17). The molecule has 0 radical (unpaired) electrons. The van der Waals surface area contributed by atoms with E-state index in [0.717, 1.165) is 0 Å². The van der Waals surface area contributed by atoms with Crippen molar-refractivity contribution in [3.63, 3.8) is 0 Å². The number of amides is 1. The normalized spacial score (nSPS) is 22.3. The fourth-order valence-electron chi connectivity index (χ4n) is 2.19. The molecule has 1 heterocycles. The van der Waals surface area contributed by atoms with Crippen LogP contribution in [0.4, 0.5) is 0 Å². The van der Waals surface area contributed by atoms with E-state index in [9.17, 15) is 13.2 Å². The third kappa shape index (κ3) is 2.82. The monoisotopic (exact) mass is 369 g/mol. The molecule has 0 aromatic heterocycles. The highest BCUT2D eigenvalue weighted by Crippen LogP contribution is 2.53. The van der Waals surface area contributed by atoms with E-state index >= 15 is 0 Å². The van der Waals surface area contributed by atoms with Crippen molar-refractivity contribution in [3.8, 4) is 5.75 Å². The number of halogens is 3. The molecule has 21 heavy (non-hydrogen) atoms. The molecule has 9 heteroatoms. The Morgan fingerprint density at radius 2 is 2.05 bits per heavy atom. The molecule has 1 atom stereocenters. The summed E-state index contributed by atoms with van der Waals surface area (Å²) >= 11 is 17.4. The molecular weight excluding hydrogens is 361 g/mol. The van der Waals surface area contributed by atoms with E-state index in [0.29, 0.717) is 18.6 Å². The number of sulfonamides is 1.